The molecule has 1 unspecified atom stereocenters. The monoisotopic (exact) mass is 302 g/mol. The van der Waals surface area contributed by atoms with Gasteiger partial charge in [-0.1, -0.05) is 12.1 Å². The molecular weight excluding hydrogens is 280 g/mol. The summed E-state index contributed by atoms with van der Waals surface area (Å²) in [6.45, 7) is 1.89. The Morgan fingerprint density at radius 3 is 2.59 bits per heavy atom. The zero-order valence-corrected chi connectivity index (χ0v) is 12.7. The van der Waals surface area contributed by atoms with Gasteiger partial charge in [-0.3, -0.25) is 9.59 Å². The normalized spacial score (nSPS) is 15.5. The Kier molecular flexibility index (Phi) is 5.72. The summed E-state index contributed by atoms with van der Waals surface area (Å²) in [4.78, 5) is 23.5. The van der Waals surface area contributed by atoms with Crippen LogP contribution in [0, 0.1) is 0 Å². The van der Waals surface area contributed by atoms with Crippen LogP contribution in [0.4, 0.5) is 0 Å². The summed E-state index contributed by atoms with van der Waals surface area (Å²) in [6.07, 6.45) is 5.81. The number of hydrogen-bond acceptors (Lipinski definition) is 3. The highest BCUT2D eigenvalue weighted by atomic mass is 16.3. The minimum absolute atomic E-state index is 0.0476. The molecule has 118 valence electrons. The van der Waals surface area contributed by atoms with Crippen molar-refractivity contribution in [3.8, 4) is 0 Å². The largest absolute Gasteiger partial charge is 0.396 e. The molecule has 0 aliphatic heterocycles. The molecular formula is C17H22N2O3. The summed E-state index contributed by atoms with van der Waals surface area (Å²) in [6, 6.07) is 7.41. The quantitative estimate of drug-likeness (QED) is 0.668. The van der Waals surface area contributed by atoms with Crippen molar-refractivity contribution < 1.29 is 14.7 Å². The number of nitrogens with one attached hydrogen (secondary N) is 2. The summed E-state index contributed by atoms with van der Waals surface area (Å²) >= 11 is 0. The number of hydrogen-bond donors (Lipinski definition) is 3. The number of rotatable bonds is 7. The molecule has 2 rings (SSSR count). The maximum Gasteiger partial charge on any atom is 0.251 e. The molecule has 1 saturated carbocycles. The van der Waals surface area contributed by atoms with Gasteiger partial charge in [0.15, 0.2) is 0 Å². The van der Waals surface area contributed by atoms with Crippen LogP contribution in [0.5, 0.6) is 0 Å². The van der Waals surface area contributed by atoms with E-state index in [4.69, 9.17) is 5.11 Å². The Hall–Kier alpha value is -2.14. The molecule has 0 spiro atoms. The van der Waals surface area contributed by atoms with E-state index in [9.17, 15) is 9.59 Å². The molecule has 1 aromatic carbocycles. The Balaban J connectivity index is 1.85. The number of aliphatic hydroxyl groups excluding tert-OH is 1. The Bertz CT molecular complexity index is 548. The fraction of sp³-hybridized carbons (Fsp3) is 0.412. The first-order valence-electron chi connectivity index (χ1n) is 7.59. The highest BCUT2D eigenvalue weighted by molar-refractivity contribution is 5.95. The lowest BCUT2D eigenvalue weighted by atomic mass is 10.1. The van der Waals surface area contributed by atoms with Gasteiger partial charge in [0, 0.05) is 30.3 Å². The fourth-order valence-electron chi connectivity index (χ4n) is 1.97. The highest BCUT2D eigenvalue weighted by Gasteiger charge is 2.23. The van der Waals surface area contributed by atoms with Crippen molar-refractivity contribution in [3.63, 3.8) is 0 Å². The summed E-state index contributed by atoms with van der Waals surface area (Å²) in [7, 11) is 0. The maximum atomic E-state index is 11.8. The molecule has 0 radical (unpaired) electrons. The van der Waals surface area contributed by atoms with Crippen LogP contribution in [0.3, 0.4) is 0 Å². The third-order valence-corrected chi connectivity index (χ3v) is 3.46. The molecule has 22 heavy (non-hydrogen) atoms. The molecule has 1 atom stereocenters. The van der Waals surface area contributed by atoms with Gasteiger partial charge in [0.2, 0.25) is 5.91 Å². The molecule has 1 fully saturated rings. The second-order valence-electron chi connectivity index (χ2n) is 5.62. The molecule has 5 nitrogen and oxygen atoms in total. The van der Waals surface area contributed by atoms with E-state index in [2.05, 4.69) is 10.6 Å². The molecule has 3 N–H and O–H groups in total. The molecule has 1 aliphatic rings. The van der Waals surface area contributed by atoms with Gasteiger partial charge in [-0.25, -0.2) is 0 Å². The van der Waals surface area contributed by atoms with Crippen LogP contribution >= 0.6 is 0 Å². The van der Waals surface area contributed by atoms with Crippen LogP contribution in [0.25, 0.3) is 6.08 Å². The zero-order valence-electron chi connectivity index (χ0n) is 12.7. The van der Waals surface area contributed by atoms with E-state index in [1.165, 1.54) is 6.08 Å². The molecule has 2 amide bonds. The Labute approximate surface area is 130 Å². The van der Waals surface area contributed by atoms with Crippen LogP contribution in [0.15, 0.2) is 30.3 Å². The molecule has 0 aromatic heterocycles. The summed E-state index contributed by atoms with van der Waals surface area (Å²) < 4.78 is 0. The zero-order chi connectivity index (χ0) is 15.9. The van der Waals surface area contributed by atoms with Crippen molar-refractivity contribution in [2.45, 2.75) is 38.3 Å². The van der Waals surface area contributed by atoms with E-state index < -0.39 is 0 Å². The number of benzene rings is 1. The molecule has 0 saturated heterocycles. The number of amides is 2. The first-order chi connectivity index (χ1) is 10.6. The molecule has 0 bridgehead atoms. The summed E-state index contributed by atoms with van der Waals surface area (Å²) in [5.74, 6) is -0.245. The van der Waals surface area contributed by atoms with Crippen LogP contribution in [0.1, 0.15) is 42.1 Å². The number of carbonyl (C=O) groups is 2. The molecule has 1 aliphatic carbocycles. The summed E-state index contributed by atoms with van der Waals surface area (Å²) in [5, 5.41) is 14.5. The van der Waals surface area contributed by atoms with Gasteiger partial charge in [-0.15, -0.1) is 0 Å². The number of aliphatic hydroxyl groups is 1. The van der Waals surface area contributed by atoms with Gasteiger partial charge in [0.1, 0.15) is 0 Å². The van der Waals surface area contributed by atoms with Crippen molar-refractivity contribution in [1.82, 2.24) is 10.6 Å². The topological polar surface area (TPSA) is 78.4 Å². The van der Waals surface area contributed by atoms with E-state index in [1.54, 1.807) is 18.2 Å². The van der Waals surface area contributed by atoms with Gasteiger partial charge in [-0.2, -0.15) is 0 Å². The van der Waals surface area contributed by atoms with E-state index in [0.717, 1.165) is 18.4 Å². The average Bonchev–Trinajstić information content (AvgIpc) is 3.30. The van der Waals surface area contributed by atoms with Gasteiger partial charge in [0.05, 0.1) is 0 Å². The highest BCUT2D eigenvalue weighted by Crippen LogP contribution is 2.19. The van der Waals surface area contributed by atoms with Gasteiger partial charge < -0.3 is 15.7 Å². The minimum atomic E-state index is -0.198. The maximum absolute atomic E-state index is 11.8. The Morgan fingerprint density at radius 1 is 1.32 bits per heavy atom. The van der Waals surface area contributed by atoms with Gasteiger partial charge in [0.25, 0.3) is 5.91 Å². The molecule has 5 heteroatoms. The van der Waals surface area contributed by atoms with Crippen LogP contribution in [0.2, 0.25) is 0 Å². The lowest BCUT2D eigenvalue weighted by molar-refractivity contribution is -0.117. The molecule has 1 aromatic rings. The smallest absolute Gasteiger partial charge is 0.251 e. The van der Waals surface area contributed by atoms with Crippen molar-refractivity contribution in [1.29, 1.82) is 0 Å². The Morgan fingerprint density at radius 2 is 2.00 bits per heavy atom. The fourth-order valence-corrected chi connectivity index (χ4v) is 1.97. The van der Waals surface area contributed by atoms with Gasteiger partial charge >= 0.3 is 0 Å². The van der Waals surface area contributed by atoms with Crippen molar-refractivity contribution in [2.75, 3.05) is 6.61 Å². The van der Waals surface area contributed by atoms with E-state index in [1.807, 2.05) is 19.1 Å². The van der Waals surface area contributed by atoms with E-state index in [-0.39, 0.29) is 24.5 Å². The standard InChI is InChI=1S/C17H22N2O3/c1-12(10-11-20)18-16(21)9-4-13-2-5-14(6-3-13)17(22)19-15-7-8-15/h2-6,9,12,15,20H,7-8,10-11H2,1H3,(H,18,21)(H,19,22)/b9-4+. The van der Waals surface area contributed by atoms with E-state index >= 15 is 0 Å². The van der Waals surface area contributed by atoms with Crippen LogP contribution < -0.4 is 10.6 Å². The molecule has 0 heterocycles. The first kappa shape index (κ1) is 16.2. The van der Waals surface area contributed by atoms with Gasteiger partial charge in [-0.05, 0) is 50.0 Å². The third kappa shape index (κ3) is 5.33. The third-order valence-electron chi connectivity index (χ3n) is 3.46. The van der Waals surface area contributed by atoms with Crippen molar-refractivity contribution >= 4 is 17.9 Å². The lowest BCUT2D eigenvalue weighted by Crippen LogP contribution is -2.31. The lowest BCUT2D eigenvalue weighted by Gasteiger charge is -2.09. The average molecular weight is 302 g/mol. The second kappa shape index (κ2) is 7.75. The van der Waals surface area contributed by atoms with Crippen molar-refractivity contribution in [2.24, 2.45) is 0 Å². The second-order valence-corrected chi connectivity index (χ2v) is 5.62. The van der Waals surface area contributed by atoms with Crippen molar-refractivity contribution in [3.05, 3.63) is 41.5 Å². The predicted molar refractivity (Wildman–Crippen MR) is 85.3 cm³/mol. The predicted octanol–water partition coefficient (Wildman–Crippen LogP) is 1.48. The first-order valence-corrected chi connectivity index (χ1v) is 7.59. The van der Waals surface area contributed by atoms with Crippen LogP contribution in [-0.2, 0) is 4.79 Å². The minimum Gasteiger partial charge on any atom is -0.396 e. The summed E-state index contributed by atoms with van der Waals surface area (Å²) in [5.41, 5.74) is 1.48. The van der Waals surface area contributed by atoms with E-state index in [0.29, 0.717) is 18.0 Å². The number of carbonyl (C=O) groups excluding carboxylic acids is 2. The van der Waals surface area contributed by atoms with Crippen LogP contribution in [-0.4, -0.2) is 35.6 Å². The SMILES string of the molecule is CC(CCO)NC(=O)/C=C/c1ccc(C(=O)NC2CC2)cc1.